The van der Waals surface area contributed by atoms with E-state index in [-0.39, 0.29) is 0 Å². The summed E-state index contributed by atoms with van der Waals surface area (Å²) in [6, 6.07) is 8.44. The van der Waals surface area contributed by atoms with Crippen LogP contribution in [-0.4, -0.2) is 54.0 Å². The zero-order valence-electron chi connectivity index (χ0n) is 18.3. The largest absolute Gasteiger partial charge is 0.406 e. The highest BCUT2D eigenvalue weighted by atomic mass is 19.4. The van der Waals surface area contributed by atoms with Crippen molar-refractivity contribution in [3.63, 3.8) is 0 Å². The van der Waals surface area contributed by atoms with Crippen LogP contribution >= 0.6 is 0 Å². The van der Waals surface area contributed by atoms with Crippen LogP contribution in [0.2, 0.25) is 0 Å². The molecule has 0 radical (unpaired) electrons. The van der Waals surface area contributed by atoms with Crippen LogP contribution in [0.3, 0.4) is 0 Å². The maximum absolute atomic E-state index is 12.9. The zero-order valence-corrected chi connectivity index (χ0v) is 18.3. The second-order valence-corrected chi connectivity index (χ2v) is 8.02. The van der Waals surface area contributed by atoms with E-state index < -0.39 is 12.7 Å². The van der Waals surface area contributed by atoms with Crippen molar-refractivity contribution >= 4 is 16.6 Å². The third-order valence-corrected chi connectivity index (χ3v) is 6.09. The summed E-state index contributed by atoms with van der Waals surface area (Å²) in [7, 11) is 0. The normalized spacial score (nSPS) is 19.5. The van der Waals surface area contributed by atoms with E-state index in [0.29, 0.717) is 23.3 Å². The van der Waals surface area contributed by atoms with Crippen molar-refractivity contribution in [1.82, 2.24) is 9.47 Å². The molecule has 0 aliphatic carbocycles. The van der Waals surface area contributed by atoms with Crippen molar-refractivity contribution in [2.24, 2.45) is 0 Å². The van der Waals surface area contributed by atoms with Gasteiger partial charge < -0.3 is 19.5 Å². The second-order valence-electron chi connectivity index (χ2n) is 8.02. The first-order chi connectivity index (χ1) is 14.4. The zero-order chi connectivity index (χ0) is 21.7. The fraction of sp³-hybridized carbons (Fsp3) is 0.652. The van der Waals surface area contributed by atoms with Gasteiger partial charge in [-0.1, -0.05) is 19.9 Å². The summed E-state index contributed by atoms with van der Waals surface area (Å²) in [4.78, 5) is 2.57. The van der Waals surface area contributed by atoms with Gasteiger partial charge in [0, 0.05) is 55.2 Å². The number of ether oxygens (including phenoxy) is 1. The Bertz CT molecular complexity index is 804. The molecule has 2 aliphatic rings. The molecule has 0 atom stereocenters. The fourth-order valence-electron chi connectivity index (χ4n) is 4.61. The molecule has 2 saturated heterocycles. The molecule has 1 N–H and O–H groups in total. The number of anilines is 1. The molecule has 4 rings (SSSR count). The number of hydrogen-bond donors (Lipinski definition) is 1. The fourth-order valence-corrected chi connectivity index (χ4v) is 4.61. The van der Waals surface area contributed by atoms with E-state index in [1.807, 2.05) is 32.0 Å². The molecule has 2 fully saturated rings. The molecule has 7 heteroatoms. The van der Waals surface area contributed by atoms with Crippen LogP contribution in [0.15, 0.2) is 24.3 Å². The highest BCUT2D eigenvalue weighted by Crippen LogP contribution is 2.31. The predicted octanol–water partition coefficient (Wildman–Crippen LogP) is 5.59. The molecule has 1 aromatic carbocycles. The number of alkyl halides is 3. The van der Waals surface area contributed by atoms with E-state index in [4.69, 9.17) is 4.74 Å². The summed E-state index contributed by atoms with van der Waals surface area (Å²) in [5.41, 5.74) is 2.21. The molecule has 0 saturated carbocycles. The lowest BCUT2D eigenvalue weighted by Gasteiger charge is -2.39. The second kappa shape index (κ2) is 10.1. The van der Waals surface area contributed by atoms with Crippen molar-refractivity contribution in [1.29, 1.82) is 0 Å². The van der Waals surface area contributed by atoms with Crippen LogP contribution < -0.4 is 5.32 Å². The van der Waals surface area contributed by atoms with E-state index in [2.05, 4.69) is 10.2 Å². The van der Waals surface area contributed by atoms with Gasteiger partial charge in [-0.15, -0.1) is 0 Å². The van der Waals surface area contributed by atoms with Crippen molar-refractivity contribution in [3.8, 4) is 0 Å². The maximum atomic E-state index is 12.9. The Morgan fingerprint density at radius 1 is 1.07 bits per heavy atom. The molecule has 0 amide bonds. The van der Waals surface area contributed by atoms with Gasteiger partial charge in [-0.2, -0.15) is 13.2 Å². The first-order valence-corrected chi connectivity index (χ1v) is 11.1. The lowest BCUT2D eigenvalue weighted by atomic mass is 9.99. The van der Waals surface area contributed by atoms with Crippen molar-refractivity contribution < 1.29 is 17.9 Å². The molecule has 168 valence electrons. The van der Waals surface area contributed by atoms with Crippen LogP contribution in [0.1, 0.15) is 45.2 Å². The van der Waals surface area contributed by atoms with Gasteiger partial charge in [-0.25, -0.2) is 0 Å². The quantitative estimate of drug-likeness (QED) is 0.692. The summed E-state index contributed by atoms with van der Waals surface area (Å²) in [6.07, 6.45) is 0.107. The summed E-state index contributed by atoms with van der Waals surface area (Å²) in [5, 5.41) is 4.48. The van der Waals surface area contributed by atoms with Gasteiger partial charge in [-0.05, 0) is 50.8 Å². The van der Waals surface area contributed by atoms with Crippen LogP contribution in [0.4, 0.5) is 18.9 Å². The lowest BCUT2D eigenvalue weighted by Crippen LogP contribution is -2.46. The average molecular weight is 426 g/mol. The first-order valence-electron chi connectivity index (χ1n) is 11.1. The number of likely N-dealkylation sites (tertiary alicyclic amines) is 1. The predicted molar refractivity (Wildman–Crippen MR) is 116 cm³/mol. The minimum atomic E-state index is -4.23. The molecule has 2 aromatic rings. The van der Waals surface area contributed by atoms with Gasteiger partial charge in [0.25, 0.3) is 0 Å². The number of nitrogens with zero attached hydrogens (tertiary/aromatic N) is 2. The van der Waals surface area contributed by atoms with E-state index in [1.165, 1.54) is 4.57 Å². The number of hydrogen-bond acceptors (Lipinski definition) is 3. The number of halogens is 3. The minimum Gasteiger partial charge on any atom is -0.382 e. The average Bonchev–Trinajstić information content (AvgIpc) is 3.06. The molecular formula is C23H34F3N3O. The van der Waals surface area contributed by atoms with Gasteiger partial charge in [0.1, 0.15) is 6.54 Å². The maximum Gasteiger partial charge on any atom is 0.406 e. The number of fused-ring (bicyclic) bond motifs is 1. The number of piperidine rings is 1. The highest BCUT2D eigenvalue weighted by molar-refractivity contribution is 5.93. The van der Waals surface area contributed by atoms with Gasteiger partial charge in [0.15, 0.2) is 0 Å². The van der Waals surface area contributed by atoms with Crippen LogP contribution in [0.25, 0.3) is 10.9 Å². The Kier molecular flexibility index (Phi) is 7.69. The topological polar surface area (TPSA) is 29.4 Å². The SMILES string of the molecule is CC.Cc1cc2c(NC3CCN(C4CCOCC4)CC3)cccc2n1CC(F)(F)F. The Morgan fingerprint density at radius 2 is 1.73 bits per heavy atom. The van der Waals surface area contributed by atoms with E-state index in [9.17, 15) is 13.2 Å². The summed E-state index contributed by atoms with van der Waals surface area (Å²) < 4.78 is 45.6. The third-order valence-electron chi connectivity index (χ3n) is 6.09. The van der Waals surface area contributed by atoms with Gasteiger partial charge in [0.2, 0.25) is 0 Å². The molecule has 1 aromatic heterocycles. The van der Waals surface area contributed by atoms with E-state index in [1.54, 1.807) is 13.0 Å². The van der Waals surface area contributed by atoms with Crippen LogP contribution in [0, 0.1) is 6.92 Å². The summed E-state index contributed by atoms with van der Waals surface area (Å²) in [5.74, 6) is 0. The Morgan fingerprint density at radius 3 is 2.37 bits per heavy atom. The Hall–Kier alpha value is -1.73. The Balaban J connectivity index is 0.00000124. The van der Waals surface area contributed by atoms with Crippen LogP contribution in [-0.2, 0) is 11.3 Å². The van der Waals surface area contributed by atoms with Crippen molar-refractivity contribution in [2.75, 3.05) is 31.6 Å². The lowest BCUT2D eigenvalue weighted by molar-refractivity contribution is -0.140. The summed E-state index contributed by atoms with van der Waals surface area (Å²) in [6.45, 7) is 8.63. The van der Waals surface area contributed by atoms with Gasteiger partial charge in [-0.3, -0.25) is 0 Å². The molecule has 4 nitrogen and oxygen atoms in total. The third kappa shape index (κ3) is 5.49. The molecule has 30 heavy (non-hydrogen) atoms. The molecule has 0 spiro atoms. The molecule has 3 heterocycles. The monoisotopic (exact) mass is 425 g/mol. The van der Waals surface area contributed by atoms with E-state index >= 15 is 0 Å². The van der Waals surface area contributed by atoms with Gasteiger partial charge in [0.05, 0.1) is 5.52 Å². The summed E-state index contributed by atoms with van der Waals surface area (Å²) >= 11 is 0. The number of nitrogens with one attached hydrogen (secondary N) is 1. The smallest absolute Gasteiger partial charge is 0.382 e. The number of benzene rings is 1. The molecule has 0 bridgehead atoms. The standard InChI is InChI=1S/C21H28F3N3O.C2H6/c1-15-13-18-19(3-2-4-20(18)27(15)14-21(22,23)24)25-16-5-9-26(10-6-16)17-7-11-28-12-8-17;1-2/h2-4,13,16-17,25H,5-12,14H2,1H3;1-2H3. The first kappa shape index (κ1) is 22.9. The van der Waals surface area contributed by atoms with Crippen molar-refractivity contribution in [2.45, 2.75) is 71.3 Å². The molecular weight excluding hydrogens is 391 g/mol. The molecule has 0 unspecified atom stereocenters. The minimum absolute atomic E-state index is 0.355. The van der Waals surface area contributed by atoms with Crippen molar-refractivity contribution in [3.05, 3.63) is 30.0 Å². The number of rotatable bonds is 4. The number of aromatic nitrogens is 1. The Labute approximate surface area is 177 Å². The van der Waals surface area contributed by atoms with E-state index in [0.717, 1.165) is 63.1 Å². The molecule has 2 aliphatic heterocycles. The van der Waals surface area contributed by atoms with Crippen LogP contribution in [0.5, 0.6) is 0 Å². The van der Waals surface area contributed by atoms with Gasteiger partial charge >= 0.3 is 6.18 Å². The highest BCUT2D eigenvalue weighted by Gasteiger charge is 2.30. The number of aryl methyl sites for hydroxylation is 1.